The summed E-state index contributed by atoms with van der Waals surface area (Å²) in [5, 5.41) is 0. The van der Waals surface area contributed by atoms with Gasteiger partial charge < -0.3 is 4.90 Å². The van der Waals surface area contributed by atoms with Gasteiger partial charge in [0.05, 0.1) is 6.54 Å². The van der Waals surface area contributed by atoms with Gasteiger partial charge in [-0.2, -0.15) is 0 Å². The van der Waals surface area contributed by atoms with Crippen LogP contribution < -0.4 is 0 Å². The van der Waals surface area contributed by atoms with E-state index in [1.54, 1.807) is 6.92 Å². The summed E-state index contributed by atoms with van der Waals surface area (Å²) in [7, 11) is 0. The normalized spacial score (nSPS) is 18.8. The Morgan fingerprint density at radius 2 is 2.00 bits per heavy atom. The topological polar surface area (TPSA) is 23.6 Å². The van der Waals surface area contributed by atoms with Crippen LogP contribution in [0.1, 0.15) is 6.92 Å². The molecule has 0 bridgehead atoms. The van der Waals surface area contributed by atoms with E-state index in [9.17, 15) is 4.79 Å². The van der Waals surface area contributed by atoms with E-state index in [0.29, 0.717) is 6.54 Å². The highest BCUT2D eigenvalue weighted by Gasteiger charge is 2.16. The lowest BCUT2D eigenvalue weighted by molar-refractivity contribution is -0.130. The van der Waals surface area contributed by atoms with Gasteiger partial charge in [-0.05, 0) is 0 Å². The number of terminal acetylenes is 1. The molecule has 0 spiro atoms. The number of carbonyl (C=O) groups excluding carboxylic acids is 1. The number of amides is 1. The molecule has 0 unspecified atom stereocenters. The van der Waals surface area contributed by atoms with E-state index in [4.69, 9.17) is 6.42 Å². The van der Waals surface area contributed by atoms with Gasteiger partial charge in [-0.1, -0.05) is 5.92 Å². The second-order valence-electron chi connectivity index (χ2n) is 2.99. The average molecular weight is 166 g/mol. The maximum absolute atomic E-state index is 10.9. The third-order valence-electron chi connectivity index (χ3n) is 2.13. The SMILES string of the molecule is C#CCN1CCN(C(C)=O)CC1. The zero-order chi connectivity index (χ0) is 8.97. The highest BCUT2D eigenvalue weighted by Crippen LogP contribution is 2.00. The Morgan fingerprint density at radius 1 is 1.42 bits per heavy atom. The van der Waals surface area contributed by atoms with Crippen molar-refractivity contribution in [3.63, 3.8) is 0 Å². The highest BCUT2D eigenvalue weighted by molar-refractivity contribution is 5.73. The molecule has 3 heteroatoms. The minimum absolute atomic E-state index is 0.162. The average Bonchev–Trinajstić information content (AvgIpc) is 2.06. The van der Waals surface area contributed by atoms with Crippen LogP contribution in [0.4, 0.5) is 0 Å². The van der Waals surface area contributed by atoms with Crippen LogP contribution in [0.5, 0.6) is 0 Å². The van der Waals surface area contributed by atoms with Crippen LogP contribution >= 0.6 is 0 Å². The summed E-state index contributed by atoms with van der Waals surface area (Å²) >= 11 is 0. The molecule has 0 radical (unpaired) electrons. The third kappa shape index (κ3) is 2.24. The predicted octanol–water partition coefficient (Wildman–Crippen LogP) is -0.216. The van der Waals surface area contributed by atoms with E-state index >= 15 is 0 Å². The number of hydrogen-bond donors (Lipinski definition) is 0. The van der Waals surface area contributed by atoms with Crippen LogP contribution in [0.15, 0.2) is 0 Å². The fourth-order valence-electron chi connectivity index (χ4n) is 1.35. The summed E-state index contributed by atoms with van der Waals surface area (Å²) in [6.07, 6.45) is 5.18. The van der Waals surface area contributed by atoms with Crippen molar-refractivity contribution in [2.24, 2.45) is 0 Å². The lowest BCUT2D eigenvalue weighted by Gasteiger charge is -2.32. The molecule has 1 aliphatic heterocycles. The van der Waals surface area contributed by atoms with Crippen LogP contribution in [-0.2, 0) is 4.79 Å². The molecule has 0 aromatic carbocycles. The summed E-state index contributed by atoms with van der Waals surface area (Å²) in [6.45, 7) is 5.75. The van der Waals surface area contributed by atoms with Gasteiger partial charge in [-0.15, -0.1) is 6.42 Å². The van der Waals surface area contributed by atoms with Crippen LogP contribution in [0.2, 0.25) is 0 Å². The first kappa shape index (κ1) is 9.08. The minimum Gasteiger partial charge on any atom is -0.340 e. The summed E-state index contributed by atoms with van der Waals surface area (Å²) in [5.41, 5.74) is 0. The molecule has 0 atom stereocenters. The van der Waals surface area contributed by atoms with Gasteiger partial charge in [0.1, 0.15) is 0 Å². The van der Waals surface area contributed by atoms with Crippen LogP contribution in [0.3, 0.4) is 0 Å². The fourth-order valence-corrected chi connectivity index (χ4v) is 1.35. The molecule has 12 heavy (non-hydrogen) atoms. The molecule has 0 aromatic rings. The Morgan fingerprint density at radius 3 is 2.42 bits per heavy atom. The van der Waals surface area contributed by atoms with E-state index in [-0.39, 0.29) is 5.91 Å². The van der Waals surface area contributed by atoms with Crippen molar-refractivity contribution in [1.82, 2.24) is 9.80 Å². The Bertz CT molecular complexity index is 199. The first-order valence-corrected chi connectivity index (χ1v) is 4.15. The lowest BCUT2D eigenvalue weighted by Crippen LogP contribution is -2.47. The maximum atomic E-state index is 10.9. The largest absolute Gasteiger partial charge is 0.340 e. The second-order valence-corrected chi connectivity index (χ2v) is 2.99. The van der Waals surface area contributed by atoms with Crippen molar-refractivity contribution >= 4 is 5.91 Å². The van der Waals surface area contributed by atoms with Crippen molar-refractivity contribution in [3.8, 4) is 12.3 Å². The molecular weight excluding hydrogens is 152 g/mol. The van der Waals surface area contributed by atoms with Crippen molar-refractivity contribution in [1.29, 1.82) is 0 Å². The fraction of sp³-hybridized carbons (Fsp3) is 0.667. The molecule has 1 heterocycles. The number of piperazine rings is 1. The molecule has 1 aliphatic rings. The van der Waals surface area contributed by atoms with Gasteiger partial charge in [0.25, 0.3) is 0 Å². The molecule has 0 aromatic heterocycles. The second kappa shape index (κ2) is 4.13. The highest BCUT2D eigenvalue weighted by atomic mass is 16.2. The summed E-state index contributed by atoms with van der Waals surface area (Å²) in [5.74, 6) is 2.77. The first-order valence-electron chi connectivity index (χ1n) is 4.15. The van der Waals surface area contributed by atoms with E-state index in [2.05, 4.69) is 10.8 Å². The Kier molecular flexibility index (Phi) is 3.12. The van der Waals surface area contributed by atoms with Crippen LogP contribution in [0, 0.1) is 12.3 Å². The van der Waals surface area contributed by atoms with Gasteiger partial charge in [-0.3, -0.25) is 9.69 Å². The lowest BCUT2D eigenvalue weighted by atomic mass is 10.3. The molecule has 1 saturated heterocycles. The van der Waals surface area contributed by atoms with Gasteiger partial charge in [-0.25, -0.2) is 0 Å². The summed E-state index contributed by atoms with van der Waals surface area (Å²) in [4.78, 5) is 15.0. The number of rotatable bonds is 1. The quantitative estimate of drug-likeness (QED) is 0.503. The monoisotopic (exact) mass is 166 g/mol. The van der Waals surface area contributed by atoms with Crippen molar-refractivity contribution in [2.45, 2.75) is 6.92 Å². The standard InChI is InChI=1S/C9H14N2O/c1-3-4-10-5-7-11(8-6-10)9(2)12/h1H,4-8H2,2H3. The molecule has 1 rings (SSSR count). The van der Waals surface area contributed by atoms with E-state index in [1.807, 2.05) is 4.90 Å². The van der Waals surface area contributed by atoms with Crippen molar-refractivity contribution in [2.75, 3.05) is 32.7 Å². The minimum atomic E-state index is 0.162. The number of nitrogens with zero attached hydrogens (tertiary/aromatic N) is 2. The van der Waals surface area contributed by atoms with E-state index in [0.717, 1.165) is 26.2 Å². The van der Waals surface area contributed by atoms with Crippen molar-refractivity contribution in [3.05, 3.63) is 0 Å². The van der Waals surface area contributed by atoms with E-state index in [1.165, 1.54) is 0 Å². The zero-order valence-electron chi connectivity index (χ0n) is 7.42. The molecule has 1 amide bonds. The molecule has 0 saturated carbocycles. The van der Waals surface area contributed by atoms with E-state index < -0.39 is 0 Å². The van der Waals surface area contributed by atoms with Crippen molar-refractivity contribution < 1.29 is 4.79 Å². The number of hydrogen-bond acceptors (Lipinski definition) is 2. The Balaban J connectivity index is 2.30. The van der Waals surface area contributed by atoms with Gasteiger partial charge in [0, 0.05) is 33.1 Å². The molecule has 3 nitrogen and oxygen atoms in total. The van der Waals surface area contributed by atoms with Gasteiger partial charge in [0.15, 0.2) is 0 Å². The molecule has 0 N–H and O–H groups in total. The first-order chi connectivity index (χ1) is 5.74. The number of carbonyl (C=O) groups is 1. The van der Waals surface area contributed by atoms with Gasteiger partial charge >= 0.3 is 0 Å². The van der Waals surface area contributed by atoms with Crippen LogP contribution in [-0.4, -0.2) is 48.4 Å². The molecule has 66 valence electrons. The Labute approximate surface area is 73.3 Å². The Hall–Kier alpha value is -1.01. The van der Waals surface area contributed by atoms with Crippen LogP contribution in [0.25, 0.3) is 0 Å². The molecular formula is C9H14N2O. The molecule has 0 aliphatic carbocycles. The predicted molar refractivity (Wildman–Crippen MR) is 47.5 cm³/mol. The third-order valence-corrected chi connectivity index (χ3v) is 2.13. The smallest absolute Gasteiger partial charge is 0.219 e. The maximum Gasteiger partial charge on any atom is 0.219 e. The summed E-state index contributed by atoms with van der Waals surface area (Å²) < 4.78 is 0. The summed E-state index contributed by atoms with van der Waals surface area (Å²) in [6, 6.07) is 0. The molecule has 1 fully saturated rings. The zero-order valence-corrected chi connectivity index (χ0v) is 7.42. The van der Waals surface area contributed by atoms with Gasteiger partial charge in [0.2, 0.25) is 5.91 Å².